The molecule has 0 atom stereocenters. The third kappa shape index (κ3) is 3.36. The fourth-order valence-corrected chi connectivity index (χ4v) is 4.42. The lowest BCUT2D eigenvalue weighted by atomic mass is 9.87. The van der Waals surface area contributed by atoms with E-state index < -0.39 is 5.92 Å². The van der Waals surface area contributed by atoms with Crippen molar-refractivity contribution in [1.29, 1.82) is 0 Å². The summed E-state index contributed by atoms with van der Waals surface area (Å²) in [7, 11) is 0. The summed E-state index contributed by atoms with van der Waals surface area (Å²) >= 11 is 0. The minimum absolute atomic E-state index is 0.211. The summed E-state index contributed by atoms with van der Waals surface area (Å²) in [6.45, 7) is 1.95. The van der Waals surface area contributed by atoms with E-state index >= 15 is 0 Å². The van der Waals surface area contributed by atoms with Gasteiger partial charge in [-0.2, -0.15) is 0 Å². The van der Waals surface area contributed by atoms with E-state index in [0.717, 1.165) is 16.7 Å². The molecule has 6 nitrogen and oxygen atoms in total. The van der Waals surface area contributed by atoms with Crippen LogP contribution in [-0.4, -0.2) is 11.8 Å². The third-order valence-corrected chi connectivity index (χ3v) is 6.04. The molecule has 0 saturated heterocycles. The molecule has 4 aromatic rings. The summed E-state index contributed by atoms with van der Waals surface area (Å²) in [6.07, 6.45) is 0. The molecule has 0 fully saturated rings. The van der Waals surface area contributed by atoms with Crippen LogP contribution in [0.5, 0.6) is 23.0 Å². The van der Waals surface area contributed by atoms with Gasteiger partial charge in [0.1, 0.15) is 17.2 Å². The molecule has 0 radical (unpaired) electrons. The molecule has 0 spiro atoms. The van der Waals surface area contributed by atoms with Gasteiger partial charge < -0.3 is 20.1 Å². The van der Waals surface area contributed by atoms with Crippen LogP contribution in [0.25, 0.3) is 0 Å². The highest BCUT2D eigenvalue weighted by Crippen LogP contribution is 2.44. The maximum Gasteiger partial charge on any atom is 0.259 e. The Hall–Kier alpha value is -4.58. The molecule has 6 rings (SSSR count). The first-order valence-corrected chi connectivity index (χ1v) is 11.0. The molecule has 0 bridgehead atoms. The van der Waals surface area contributed by atoms with Crippen molar-refractivity contribution < 1.29 is 19.1 Å². The van der Waals surface area contributed by atoms with Gasteiger partial charge in [0.25, 0.3) is 5.91 Å². The van der Waals surface area contributed by atoms with Crippen LogP contribution in [0.3, 0.4) is 0 Å². The fourth-order valence-electron chi connectivity index (χ4n) is 4.42. The molecule has 0 aliphatic carbocycles. The number of carbonyl (C=O) groups excluding carboxylic acids is 2. The van der Waals surface area contributed by atoms with Gasteiger partial charge in [0.15, 0.2) is 5.75 Å². The zero-order valence-electron chi connectivity index (χ0n) is 18.3. The summed E-state index contributed by atoms with van der Waals surface area (Å²) in [5, 5.41) is 5.88. The van der Waals surface area contributed by atoms with Crippen LogP contribution in [-0.2, 0) is 4.79 Å². The highest BCUT2D eigenvalue weighted by molar-refractivity contribution is 6.09. The second kappa shape index (κ2) is 7.78. The van der Waals surface area contributed by atoms with E-state index in [1.807, 2.05) is 73.7 Å². The maximum absolute atomic E-state index is 13.5. The number of hydrogen-bond acceptors (Lipinski definition) is 4. The molecule has 34 heavy (non-hydrogen) atoms. The topological polar surface area (TPSA) is 76.7 Å². The Balaban J connectivity index is 1.33. The van der Waals surface area contributed by atoms with Crippen LogP contribution in [0.2, 0.25) is 0 Å². The molecule has 0 aromatic heterocycles. The number of fused-ring (bicyclic) bond motifs is 4. The number of rotatable bonds is 2. The van der Waals surface area contributed by atoms with Crippen LogP contribution in [0.4, 0.5) is 11.4 Å². The quantitative estimate of drug-likeness (QED) is 0.381. The van der Waals surface area contributed by atoms with Crippen LogP contribution in [0.1, 0.15) is 33.0 Å². The average molecular weight is 448 g/mol. The van der Waals surface area contributed by atoms with Gasteiger partial charge in [0.2, 0.25) is 5.91 Å². The van der Waals surface area contributed by atoms with Crippen LogP contribution < -0.4 is 20.1 Å². The summed E-state index contributed by atoms with van der Waals surface area (Å²) in [5.74, 6) is 1.27. The Bertz CT molecular complexity index is 1430. The lowest BCUT2D eigenvalue weighted by molar-refractivity contribution is -0.116. The van der Waals surface area contributed by atoms with Crippen molar-refractivity contribution in [3.63, 3.8) is 0 Å². The van der Waals surface area contributed by atoms with Crippen molar-refractivity contribution >= 4 is 23.2 Å². The van der Waals surface area contributed by atoms with Gasteiger partial charge in [-0.25, -0.2) is 0 Å². The van der Waals surface area contributed by atoms with E-state index in [1.165, 1.54) is 0 Å². The van der Waals surface area contributed by atoms with Crippen molar-refractivity contribution in [2.75, 3.05) is 10.6 Å². The lowest BCUT2D eigenvalue weighted by Crippen LogP contribution is -2.25. The number of anilines is 2. The molecule has 2 N–H and O–H groups in total. The number of ether oxygens (including phenoxy) is 2. The van der Waals surface area contributed by atoms with E-state index in [4.69, 9.17) is 9.47 Å². The van der Waals surface area contributed by atoms with Crippen molar-refractivity contribution in [3.8, 4) is 23.0 Å². The molecule has 2 heterocycles. The van der Waals surface area contributed by atoms with Gasteiger partial charge in [-0.3, -0.25) is 9.59 Å². The zero-order chi connectivity index (χ0) is 23.2. The maximum atomic E-state index is 13.5. The predicted molar refractivity (Wildman–Crippen MR) is 129 cm³/mol. The van der Waals surface area contributed by atoms with Gasteiger partial charge in [0.05, 0.1) is 17.2 Å². The second-order valence-corrected chi connectivity index (χ2v) is 8.37. The summed E-state index contributed by atoms with van der Waals surface area (Å²) in [4.78, 5) is 26.5. The third-order valence-electron chi connectivity index (χ3n) is 6.04. The predicted octanol–water partition coefficient (Wildman–Crippen LogP) is 6.23. The summed E-state index contributed by atoms with van der Waals surface area (Å²) in [6, 6.07) is 25.7. The number of aryl methyl sites for hydroxylation is 1. The monoisotopic (exact) mass is 448 g/mol. The van der Waals surface area contributed by atoms with Crippen LogP contribution in [0, 0.1) is 6.92 Å². The molecular formula is C28H20N2O4. The Morgan fingerprint density at radius 2 is 1.44 bits per heavy atom. The minimum Gasteiger partial charge on any atom is -0.457 e. The molecule has 0 unspecified atom stereocenters. The van der Waals surface area contributed by atoms with Gasteiger partial charge in [-0.1, -0.05) is 42.5 Å². The Kier molecular flexibility index (Phi) is 4.59. The molecule has 0 saturated carbocycles. The number of nitrogens with one attached hydrogen (secondary N) is 2. The van der Waals surface area contributed by atoms with Crippen LogP contribution >= 0.6 is 0 Å². The Labute approximate surface area is 196 Å². The first-order chi connectivity index (χ1) is 16.6. The number of hydrogen-bond donors (Lipinski definition) is 2. The number of carbonyl (C=O) groups is 2. The summed E-state index contributed by atoms with van der Waals surface area (Å²) < 4.78 is 12.0. The molecule has 166 valence electrons. The van der Waals surface area contributed by atoms with Crippen molar-refractivity contribution in [1.82, 2.24) is 0 Å². The van der Waals surface area contributed by atoms with Gasteiger partial charge >= 0.3 is 0 Å². The second-order valence-electron chi connectivity index (χ2n) is 8.37. The zero-order valence-corrected chi connectivity index (χ0v) is 18.3. The average Bonchev–Trinajstić information content (AvgIpc) is 2.97. The minimum atomic E-state index is -0.544. The van der Waals surface area contributed by atoms with Gasteiger partial charge in [0, 0.05) is 16.8 Å². The summed E-state index contributed by atoms with van der Waals surface area (Å²) in [5.41, 5.74) is 4.06. The number of amides is 2. The van der Waals surface area contributed by atoms with Crippen molar-refractivity contribution in [2.24, 2.45) is 0 Å². The molecule has 6 heteroatoms. The van der Waals surface area contributed by atoms with E-state index in [-0.39, 0.29) is 11.8 Å². The number of para-hydroxylation sites is 2. The van der Waals surface area contributed by atoms with E-state index in [9.17, 15) is 9.59 Å². The first kappa shape index (κ1) is 20.1. The number of benzene rings is 4. The SMILES string of the molecule is Cc1ccc2c(c1)NC(=O)c1cc(NC(=O)C3c4ccccc4Oc4ccccc43)ccc1O2. The largest absolute Gasteiger partial charge is 0.457 e. The molecular weight excluding hydrogens is 428 g/mol. The molecule has 2 aliphatic heterocycles. The van der Waals surface area contributed by atoms with Crippen molar-refractivity contribution in [2.45, 2.75) is 12.8 Å². The standard InChI is InChI=1S/C28H20N2O4/c1-16-10-12-25-21(14-16)30-27(31)20-15-17(11-13-24(20)34-25)29-28(32)26-18-6-2-4-8-22(18)33-23-9-5-3-7-19(23)26/h2-15,26H,1H3,(H,29,32)(H,30,31). The Morgan fingerprint density at radius 1 is 0.794 bits per heavy atom. The van der Waals surface area contributed by atoms with E-state index in [2.05, 4.69) is 10.6 Å². The Morgan fingerprint density at radius 3 is 2.18 bits per heavy atom. The van der Waals surface area contributed by atoms with Crippen molar-refractivity contribution in [3.05, 3.63) is 107 Å². The van der Waals surface area contributed by atoms with Crippen LogP contribution in [0.15, 0.2) is 84.9 Å². The fraction of sp³-hybridized carbons (Fsp3) is 0.0714. The van der Waals surface area contributed by atoms with E-state index in [0.29, 0.717) is 39.9 Å². The molecule has 2 aliphatic rings. The van der Waals surface area contributed by atoms with Gasteiger partial charge in [-0.05, 0) is 55.0 Å². The first-order valence-electron chi connectivity index (χ1n) is 11.0. The normalized spacial score (nSPS) is 13.6. The lowest BCUT2D eigenvalue weighted by Gasteiger charge is -2.27. The van der Waals surface area contributed by atoms with E-state index in [1.54, 1.807) is 18.2 Å². The molecule has 2 amide bonds. The smallest absolute Gasteiger partial charge is 0.259 e. The highest BCUT2D eigenvalue weighted by atomic mass is 16.5. The molecule has 4 aromatic carbocycles. The van der Waals surface area contributed by atoms with Gasteiger partial charge in [-0.15, -0.1) is 0 Å². The highest BCUT2D eigenvalue weighted by Gasteiger charge is 2.32.